The maximum atomic E-state index is 13.2. The molecule has 2 aromatic rings. The Hall–Kier alpha value is -2.18. The molecule has 6 heteroatoms. The minimum atomic E-state index is -0.310. The Morgan fingerprint density at radius 1 is 1.03 bits per heavy atom. The van der Waals surface area contributed by atoms with Crippen LogP contribution >= 0.6 is 11.6 Å². The fourth-order valence-electron chi connectivity index (χ4n) is 5.36. The van der Waals surface area contributed by atoms with Crippen LogP contribution in [0.2, 0.25) is 5.02 Å². The number of allylic oxidation sites excluding steroid dienone is 2. The molecule has 2 fully saturated rings. The highest BCUT2D eigenvalue weighted by Gasteiger charge is 2.37. The van der Waals surface area contributed by atoms with Crippen LogP contribution in [0.1, 0.15) is 43.2 Å². The van der Waals surface area contributed by atoms with Gasteiger partial charge >= 0.3 is 0 Å². The molecule has 0 saturated carbocycles. The SMILES string of the molecule is Cc1ccc(-c2ccc(Cl)cc2)cc1C1=C(O)CC(CC2OCC(C3CCOCC3)O2)CC1=O. The average Bonchev–Trinajstić information content (AvgIpc) is 3.29. The molecule has 2 heterocycles. The zero-order valence-electron chi connectivity index (χ0n) is 19.5. The van der Waals surface area contributed by atoms with Gasteiger partial charge in [-0.3, -0.25) is 4.79 Å². The Morgan fingerprint density at radius 2 is 1.76 bits per heavy atom. The van der Waals surface area contributed by atoms with Crippen LogP contribution in [0.5, 0.6) is 0 Å². The van der Waals surface area contributed by atoms with E-state index in [0.29, 0.717) is 42.4 Å². The number of ether oxygens (including phenoxy) is 3. The molecule has 180 valence electrons. The first-order chi connectivity index (χ1) is 16.5. The summed E-state index contributed by atoms with van der Waals surface area (Å²) in [6, 6.07) is 13.6. The van der Waals surface area contributed by atoms with Gasteiger partial charge in [0.2, 0.25) is 0 Å². The van der Waals surface area contributed by atoms with Crippen LogP contribution in [0.15, 0.2) is 48.2 Å². The number of Topliss-reactive ketones (excluding diaryl/α,β-unsaturated/α-hetero) is 1. The number of aryl methyl sites for hydroxylation is 1. The van der Waals surface area contributed by atoms with Gasteiger partial charge in [0.05, 0.1) is 18.3 Å². The van der Waals surface area contributed by atoms with Gasteiger partial charge in [0.25, 0.3) is 0 Å². The Bertz CT molecular complexity index is 1070. The third kappa shape index (κ3) is 5.08. The summed E-state index contributed by atoms with van der Waals surface area (Å²) in [5.74, 6) is 0.623. The summed E-state index contributed by atoms with van der Waals surface area (Å²) < 4.78 is 17.5. The lowest BCUT2D eigenvalue weighted by Crippen LogP contribution is -2.30. The van der Waals surface area contributed by atoms with Crippen LogP contribution in [-0.2, 0) is 19.0 Å². The molecule has 3 unspecified atom stereocenters. The fraction of sp³-hybridized carbons (Fsp3) is 0.464. The molecule has 0 radical (unpaired) electrons. The first-order valence-corrected chi connectivity index (χ1v) is 12.5. The van der Waals surface area contributed by atoms with Gasteiger partial charge in [0.15, 0.2) is 12.1 Å². The van der Waals surface area contributed by atoms with Crippen molar-refractivity contribution in [3.63, 3.8) is 0 Å². The summed E-state index contributed by atoms with van der Waals surface area (Å²) in [6.45, 7) is 4.13. The second kappa shape index (κ2) is 10.2. The molecule has 1 N–H and O–H groups in total. The van der Waals surface area contributed by atoms with Gasteiger partial charge in [-0.2, -0.15) is 0 Å². The molecule has 0 amide bonds. The molecule has 5 nitrogen and oxygen atoms in total. The number of aliphatic hydroxyl groups excluding tert-OH is 1. The number of aliphatic hydroxyl groups is 1. The number of halogens is 1. The van der Waals surface area contributed by atoms with Gasteiger partial charge in [-0.05, 0) is 72.1 Å². The molecular weight excluding hydrogens is 452 g/mol. The van der Waals surface area contributed by atoms with Crippen molar-refractivity contribution in [2.75, 3.05) is 19.8 Å². The van der Waals surface area contributed by atoms with Crippen molar-refractivity contribution in [2.45, 2.75) is 51.4 Å². The zero-order chi connectivity index (χ0) is 23.7. The van der Waals surface area contributed by atoms with E-state index >= 15 is 0 Å². The zero-order valence-corrected chi connectivity index (χ0v) is 20.2. The van der Waals surface area contributed by atoms with Gasteiger partial charge in [-0.1, -0.05) is 35.9 Å². The molecule has 0 bridgehead atoms. The van der Waals surface area contributed by atoms with Gasteiger partial charge in [0, 0.05) is 37.5 Å². The Kier molecular flexibility index (Phi) is 7.07. The third-order valence-corrected chi connectivity index (χ3v) is 7.55. The van der Waals surface area contributed by atoms with Gasteiger partial charge in [-0.25, -0.2) is 0 Å². The molecule has 34 heavy (non-hydrogen) atoms. The van der Waals surface area contributed by atoms with Crippen LogP contribution in [0.4, 0.5) is 0 Å². The molecular formula is C28H31ClO5. The van der Waals surface area contributed by atoms with Crippen LogP contribution in [0, 0.1) is 18.8 Å². The van der Waals surface area contributed by atoms with Crippen molar-refractivity contribution in [3.8, 4) is 11.1 Å². The second-order valence-corrected chi connectivity index (χ2v) is 10.1. The molecule has 0 spiro atoms. The minimum absolute atomic E-state index is 0.00874. The maximum absolute atomic E-state index is 13.2. The number of ketones is 1. The molecule has 0 aromatic heterocycles. The van der Waals surface area contributed by atoms with E-state index in [1.807, 2.05) is 49.4 Å². The number of carbonyl (C=O) groups is 1. The average molecular weight is 483 g/mol. The third-order valence-electron chi connectivity index (χ3n) is 7.30. The minimum Gasteiger partial charge on any atom is -0.512 e. The van der Waals surface area contributed by atoms with Crippen LogP contribution in [-0.4, -0.2) is 43.1 Å². The molecule has 5 rings (SSSR count). The van der Waals surface area contributed by atoms with Crippen LogP contribution < -0.4 is 0 Å². The Morgan fingerprint density at radius 3 is 2.50 bits per heavy atom. The van der Waals surface area contributed by atoms with E-state index in [-0.39, 0.29) is 29.9 Å². The number of rotatable bonds is 5. The molecule has 1 aliphatic carbocycles. The fourth-order valence-corrected chi connectivity index (χ4v) is 5.49. The quantitative estimate of drug-likeness (QED) is 0.556. The van der Waals surface area contributed by atoms with Gasteiger partial charge in [0.1, 0.15) is 5.76 Å². The summed E-state index contributed by atoms with van der Waals surface area (Å²) in [5.41, 5.74) is 4.20. The van der Waals surface area contributed by atoms with Gasteiger partial charge < -0.3 is 19.3 Å². The lowest BCUT2D eigenvalue weighted by atomic mass is 9.81. The van der Waals surface area contributed by atoms with Gasteiger partial charge in [-0.15, -0.1) is 0 Å². The summed E-state index contributed by atoms with van der Waals surface area (Å²) in [5, 5.41) is 11.6. The standard InChI is InChI=1S/C28H31ClO5/c1-17-2-3-21(19-4-6-22(29)7-5-19)15-23(17)28-24(30)12-18(13-25(28)31)14-27-33-16-26(34-27)20-8-10-32-11-9-20/h2-7,15,18,20,26-27,30H,8-14,16H2,1H3. The molecule has 2 aromatic carbocycles. The van der Waals surface area contributed by atoms with E-state index in [1.54, 1.807) is 0 Å². The van der Waals surface area contributed by atoms with Crippen molar-refractivity contribution in [3.05, 3.63) is 64.4 Å². The lowest BCUT2D eigenvalue weighted by Gasteiger charge is -2.28. The van der Waals surface area contributed by atoms with Crippen LogP contribution in [0.3, 0.4) is 0 Å². The maximum Gasteiger partial charge on any atom is 0.167 e. The van der Waals surface area contributed by atoms with E-state index in [0.717, 1.165) is 48.3 Å². The molecule has 2 aliphatic heterocycles. The van der Waals surface area contributed by atoms with Crippen molar-refractivity contribution in [1.82, 2.24) is 0 Å². The predicted octanol–water partition coefficient (Wildman–Crippen LogP) is 6.12. The number of carbonyl (C=O) groups excluding carboxylic acids is 1. The van der Waals surface area contributed by atoms with E-state index in [2.05, 4.69) is 0 Å². The van der Waals surface area contributed by atoms with E-state index in [4.69, 9.17) is 25.8 Å². The topological polar surface area (TPSA) is 65.0 Å². The van der Waals surface area contributed by atoms with E-state index < -0.39 is 0 Å². The Labute approximate surface area is 205 Å². The number of benzene rings is 2. The van der Waals surface area contributed by atoms with Crippen molar-refractivity contribution in [1.29, 1.82) is 0 Å². The predicted molar refractivity (Wildman–Crippen MR) is 132 cm³/mol. The van der Waals surface area contributed by atoms with E-state index in [1.165, 1.54) is 0 Å². The van der Waals surface area contributed by atoms with Crippen molar-refractivity contribution < 1.29 is 24.1 Å². The normalized spacial score (nSPS) is 26.3. The largest absolute Gasteiger partial charge is 0.512 e. The summed E-state index contributed by atoms with van der Waals surface area (Å²) in [6.07, 6.45) is 3.26. The molecule has 2 saturated heterocycles. The highest BCUT2D eigenvalue weighted by molar-refractivity contribution is 6.30. The monoisotopic (exact) mass is 482 g/mol. The number of hydrogen-bond acceptors (Lipinski definition) is 5. The molecule has 3 atom stereocenters. The summed E-state index contributed by atoms with van der Waals surface area (Å²) in [4.78, 5) is 13.2. The van der Waals surface area contributed by atoms with E-state index in [9.17, 15) is 9.90 Å². The summed E-state index contributed by atoms with van der Waals surface area (Å²) in [7, 11) is 0. The lowest BCUT2D eigenvalue weighted by molar-refractivity contribution is -0.117. The smallest absolute Gasteiger partial charge is 0.167 e. The Balaban J connectivity index is 1.29. The van der Waals surface area contributed by atoms with Crippen LogP contribution in [0.25, 0.3) is 16.7 Å². The number of hydrogen-bond donors (Lipinski definition) is 1. The highest BCUT2D eigenvalue weighted by atomic mass is 35.5. The highest BCUT2D eigenvalue weighted by Crippen LogP contribution is 2.38. The summed E-state index contributed by atoms with van der Waals surface area (Å²) >= 11 is 6.03. The first-order valence-electron chi connectivity index (χ1n) is 12.1. The second-order valence-electron chi connectivity index (χ2n) is 9.68. The van der Waals surface area contributed by atoms with Crippen molar-refractivity contribution in [2.24, 2.45) is 11.8 Å². The first kappa shape index (κ1) is 23.6. The molecule has 3 aliphatic rings. The van der Waals surface area contributed by atoms with Crippen molar-refractivity contribution >= 4 is 23.0 Å².